The third-order valence-electron chi connectivity index (χ3n) is 2.91. The van der Waals surface area contributed by atoms with Crippen LogP contribution in [0.4, 0.5) is 5.95 Å². The molecule has 1 fully saturated rings. The van der Waals surface area contributed by atoms with E-state index >= 15 is 0 Å². The Balaban J connectivity index is 2.26. The van der Waals surface area contributed by atoms with Crippen molar-refractivity contribution in [3.05, 3.63) is 10.7 Å². The molecule has 0 spiro atoms. The fourth-order valence-corrected chi connectivity index (χ4v) is 2.28. The molecule has 1 N–H and O–H groups in total. The number of nitrogens with zero attached hydrogens (tertiary/aromatic N) is 3. The number of nitrogens with one attached hydrogen (secondary N) is 1. The molecular weight excluding hydrogens is 284 g/mol. The smallest absolute Gasteiger partial charge is 0.232 e. The Labute approximate surface area is 110 Å². The molecule has 2 heterocycles. The normalized spacial score (nSPS) is 24.8. The van der Waals surface area contributed by atoms with Gasteiger partial charge in [-0.3, -0.25) is 0 Å². The van der Waals surface area contributed by atoms with Gasteiger partial charge in [0.25, 0.3) is 0 Å². The van der Waals surface area contributed by atoms with Gasteiger partial charge in [0.15, 0.2) is 0 Å². The molecule has 2 rings (SSSR count). The summed E-state index contributed by atoms with van der Waals surface area (Å²) >= 11 is 3.36. The van der Waals surface area contributed by atoms with Gasteiger partial charge in [-0.05, 0) is 29.8 Å². The lowest BCUT2D eigenvalue weighted by Crippen LogP contribution is -2.55. The molecule has 1 aromatic rings. The van der Waals surface area contributed by atoms with Crippen molar-refractivity contribution >= 4 is 21.9 Å². The van der Waals surface area contributed by atoms with Crippen LogP contribution in [-0.4, -0.2) is 42.3 Å². The zero-order chi connectivity index (χ0) is 12.4. The Morgan fingerprint density at radius 2 is 2.29 bits per heavy atom. The second-order valence-electron chi connectivity index (χ2n) is 4.34. The van der Waals surface area contributed by atoms with E-state index in [4.69, 9.17) is 4.74 Å². The summed E-state index contributed by atoms with van der Waals surface area (Å²) in [6.45, 7) is 6.18. The Hall–Kier alpha value is -0.880. The van der Waals surface area contributed by atoms with Gasteiger partial charge in [-0.25, -0.2) is 4.98 Å². The van der Waals surface area contributed by atoms with Gasteiger partial charge in [-0.15, -0.1) is 0 Å². The molecule has 5 nitrogen and oxygen atoms in total. The molecule has 2 atom stereocenters. The first-order chi connectivity index (χ1) is 8.11. The number of aromatic nitrogens is 2. The van der Waals surface area contributed by atoms with Gasteiger partial charge in [-0.2, -0.15) is 4.98 Å². The maximum Gasteiger partial charge on any atom is 0.232 e. The summed E-state index contributed by atoms with van der Waals surface area (Å²) < 4.78 is 5.98. The van der Waals surface area contributed by atoms with Crippen molar-refractivity contribution in [3.63, 3.8) is 0 Å². The van der Waals surface area contributed by atoms with E-state index < -0.39 is 0 Å². The lowest BCUT2D eigenvalue weighted by Gasteiger charge is -2.37. The van der Waals surface area contributed by atoms with E-state index in [0.717, 1.165) is 23.5 Å². The topological polar surface area (TPSA) is 50.3 Å². The van der Waals surface area contributed by atoms with E-state index in [9.17, 15) is 0 Å². The van der Waals surface area contributed by atoms with Gasteiger partial charge >= 0.3 is 0 Å². The second kappa shape index (κ2) is 5.18. The first-order valence-electron chi connectivity index (χ1n) is 5.68. The van der Waals surface area contributed by atoms with Crippen LogP contribution in [0.5, 0.6) is 5.88 Å². The highest BCUT2D eigenvalue weighted by atomic mass is 79.9. The molecular formula is C11H17BrN4O. The largest absolute Gasteiger partial charge is 0.480 e. The average molecular weight is 301 g/mol. The van der Waals surface area contributed by atoms with Crippen LogP contribution in [0.15, 0.2) is 10.7 Å². The fourth-order valence-electron chi connectivity index (χ4n) is 1.92. The van der Waals surface area contributed by atoms with E-state index in [2.05, 4.69) is 50.0 Å². The Morgan fingerprint density at radius 3 is 3.00 bits per heavy atom. The summed E-state index contributed by atoms with van der Waals surface area (Å²) in [6, 6.07) is 0.835. The number of halogens is 1. The van der Waals surface area contributed by atoms with Crippen LogP contribution >= 0.6 is 15.9 Å². The molecule has 17 heavy (non-hydrogen) atoms. The third-order valence-corrected chi connectivity index (χ3v) is 3.46. The van der Waals surface area contributed by atoms with Gasteiger partial charge in [0.2, 0.25) is 11.8 Å². The first-order valence-corrected chi connectivity index (χ1v) is 6.47. The number of methoxy groups -OCH3 is 1. The minimum Gasteiger partial charge on any atom is -0.480 e. The molecule has 0 amide bonds. The van der Waals surface area contributed by atoms with E-state index in [1.807, 2.05) is 0 Å². The molecule has 1 aliphatic rings. The van der Waals surface area contributed by atoms with Crippen LogP contribution in [0.1, 0.15) is 13.8 Å². The minimum absolute atomic E-state index is 0.386. The van der Waals surface area contributed by atoms with E-state index in [0.29, 0.717) is 18.0 Å². The number of hydrogen-bond donors (Lipinski definition) is 1. The summed E-state index contributed by atoms with van der Waals surface area (Å²) in [7, 11) is 1.61. The Kier molecular flexibility index (Phi) is 3.83. The molecule has 6 heteroatoms. The summed E-state index contributed by atoms with van der Waals surface area (Å²) in [5.41, 5.74) is 0. The lowest BCUT2D eigenvalue weighted by molar-refractivity contribution is 0.387. The highest BCUT2D eigenvalue weighted by molar-refractivity contribution is 9.10. The quantitative estimate of drug-likeness (QED) is 0.895. The predicted octanol–water partition coefficient (Wildman–Crippen LogP) is 1.43. The molecule has 0 aromatic carbocycles. The summed E-state index contributed by atoms with van der Waals surface area (Å²) in [6.07, 6.45) is 1.74. The van der Waals surface area contributed by atoms with Crippen LogP contribution in [0.25, 0.3) is 0 Å². The third kappa shape index (κ3) is 2.69. The van der Waals surface area contributed by atoms with Crippen molar-refractivity contribution in [2.45, 2.75) is 25.9 Å². The minimum atomic E-state index is 0.386. The highest BCUT2D eigenvalue weighted by Gasteiger charge is 2.25. The van der Waals surface area contributed by atoms with Gasteiger partial charge < -0.3 is 15.0 Å². The van der Waals surface area contributed by atoms with E-state index in [-0.39, 0.29) is 0 Å². The molecule has 2 unspecified atom stereocenters. The zero-order valence-electron chi connectivity index (χ0n) is 10.3. The second-order valence-corrected chi connectivity index (χ2v) is 5.19. The van der Waals surface area contributed by atoms with E-state index in [1.54, 1.807) is 13.3 Å². The number of hydrogen-bond acceptors (Lipinski definition) is 5. The summed E-state index contributed by atoms with van der Waals surface area (Å²) in [4.78, 5) is 11.0. The number of piperazine rings is 1. The van der Waals surface area contributed by atoms with Crippen molar-refractivity contribution in [3.8, 4) is 5.88 Å². The Bertz CT molecular complexity index is 401. The lowest BCUT2D eigenvalue weighted by atomic mass is 10.1. The van der Waals surface area contributed by atoms with Gasteiger partial charge in [0.05, 0.1) is 17.8 Å². The Morgan fingerprint density at radius 1 is 1.53 bits per heavy atom. The van der Waals surface area contributed by atoms with Gasteiger partial charge in [0, 0.05) is 25.2 Å². The van der Waals surface area contributed by atoms with Crippen LogP contribution in [0.2, 0.25) is 0 Å². The van der Waals surface area contributed by atoms with Crippen LogP contribution in [-0.2, 0) is 0 Å². The summed E-state index contributed by atoms with van der Waals surface area (Å²) in [5, 5.41) is 3.43. The molecule has 0 aliphatic carbocycles. The molecule has 0 bridgehead atoms. The number of rotatable bonds is 2. The van der Waals surface area contributed by atoms with Crippen molar-refractivity contribution in [1.82, 2.24) is 15.3 Å². The molecule has 1 aliphatic heterocycles. The van der Waals surface area contributed by atoms with Crippen LogP contribution < -0.4 is 15.0 Å². The van der Waals surface area contributed by atoms with Crippen molar-refractivity contribution in [2.24, 2.45) is 0 Å². The molecule has 0 radical (unpaired) electrons. The molecule has 0 saturated carbocycles. The number of ether oxygens (including phenoxy) is 1. The highest BCUT2D eigenvalue weighted by Crippen LogP contribution is 2.24. The van der Waals surface area contributed by atoms with Gasteiger partial charge in [-0.1, -0.05) is 0 Å². The maximum atomic E-state index is 5.20. The van der Waals surface area contributed by atoms with Crippen molar-refractivity contribution in [2.75, 3.05) is 25.1 Å². The number of anilines is 1. The zero-order valence-corrected chi connectivity index (χ0v) is 11.9. The maximum absolute atomic E-state index is 5.20. The fraction of sp³-hybridized carbons (Fsp3) is 0.636. The van der Waals surface area contributed by atoms with Gasteiger partial charge in [0.1, 0.15) is 0 Å². The molecule has 1 aromatic heterocycles. The van der Waals surface area contributed by atoms with E-state index in [1.165, 1.54) is 0 Å². The SMILES string of the molecule is COc1nc(N2CC(C)NCC2C)ncc1Br. The van der Waals surface area contributed by atoms with Crippen molar-refractivity contribution < 1.29 is 4.74 Å². The van der Waals surface area contributed by atoms with Crippen LogP contribution in [0, 0.1) is 0 Å². The van der Waals surface area contributed by atoms with Crippen LogP contribution in [0.3, 0.4) is 0 Å². The molecule has 94 valence electrons. The molecule has 1 saturated heterocycles. The monoisotopic (exact) mass is 300 g/mol. The average Bonchev–Trinajstić information content (AvgIpc) is 2.33. The predicted molar refractivity (Wildman–Crippen MR) is 70.6 cm³/mol. The standard InChI is InChI=1S/C11H17BrN4O/c1-7-6-16(8(2)4-13-7)11-14-5-9(12)10(15-11)17-3/h5,7-8,13H,4,6H2,1-3H3. The van der Waals surface area contributed by atoms with Crippen molar-refractivity contribution in [1.29, 1.82) is 0 Å². The summed E-state index contributed by atoms with van der Waals surface area (Å²) in [5.74, 6) is 1.30. The first kappa shape index (κ1) is 12.6.